The molecule has 3 rings (SSSR count). The predicted octanol–water partition coefficient (Wildman–Crippen LogP) is 3.74. The van der Waals surface area contributed by atoms with E-state index in [0.717, 1.165) is 16.7 Å². The van der Waals surface area contributed by atoms with Crippen molar-refractivity contribution in [1.82, 2.24) is 10.4 Å². The molecule has 2 heterocycles. The fourth-order valence-corrected chi connectivity index (χ4v) is 5.05. The van der Waals surface area contributed by atoms with Crippen LogP contribution in [0.3, 0.4) is 0 Å². The predicted molar refractivity (Wildman–Crippen MR) is 120 cm³/mol. The molecule has 9 heteroatoms. The molecule has 1 atom stereocenters. The van der Waals surface area contributed by atoms with E-state index in [4.69, 9.17) is 9.68 Å². The van der Waals surface area contributed by atoms with Gasteiger partial charge in [-0.05, 0) is 85.4 Å². The third-order valence-electron chi connectivity index (χ3n) is 6.67. The summed E-state index contributed by atoms with van der Waals surface area (Å²) in [4.78, 5) is 29.2. The Bertz CT molecular complexity index is 982. The van der Waals surface area contributed by atoms with E-state index in [1.807, 2.05) is 54.5 Å². The number of phenols is 1. The second kappa shape index (κ2) is 7.65. The summed E-state index contributed by atoms with van der Waals surface area (Å²) in [5, 5.41) is 25.0. The number of fused-ring (bicyclic) bond motifs is 1. The third-order valence-corrected chi connectivity index (χ3v) is 6.67. The fourth-order valence-electron chi connectivity index (χ4n) is 5.05. The van der Waals surface area contributed by atoms with E-state index >= 15 is 0 Å². The van der Waals surface area contributed by atoms with Crippen LogP contribution in [-0.4, -0.2) is 43.9 Å². The summed E-state index contributed by atoms with van der Waals surface area (Å²) in [7, 11) is 0. The van der Waals surface area contributed by atoms with E-state index in [1.165, 1.54) is 5.06 Å². The van der Waals surface area contributed by atoms with Gasteiger partial charge in [-0.3, -0.25) is 4.79 Å². The molecule has 0 radical (unpaired) electrons. The molecule has 0 saturated carbocycles. The van der Waals surface area contributed by atoms with Crippen molar-refractivity contribution in [1.29, 1.82) is 0 Å². The quantitative estimate of drug-likeness (QED) is 0.534. The van der Waals surface area contributed by atoms with E-state index in [1.54, 1.807) is 13.0 Å². The molecule has 176 valence electrons. The maximum Gasteiger partial charge on any atom is 0.312 e. The largest absolute Gasteiger partial charge is 0.507 e. The van der Waals surface area contributed by atoms with Crippen LogP contribution in [0.25, 0.3) is 6.08 Å². The molecule has 1 unspecified atom stereocenters. The summed E-state index contributed by atoms with van der Waals surface area (Å²) in [6.45, 7) is 14.6. The van der Waals surface area contributed by atoms with Gasteiger partial charge in [0.25, 0.3) is 5.91 Å². The fraction of sp³-hybridized carbons (Fsp3) is 0.609. The van der Waals surface area contributed by atoms with Crippen LogP contribution in [0.4, 0.5) is 0 Å². The van der Waals surface area contributed by atoms with Gasteiger partial charge < -0.3 is 15.2 Å². The summed E-state index contributed by atoms with van der Waals surface area (Å²) >= 11 is 0. The van der Waals surface area contributed by atoms with Crippen molar-refractivity contribution in [2.75, 3.05) is 0 Å². The van der Waals surface area contributed by atoms with E-state index < -0.39 is 21.8 Å². The van der Waals surface area contributed by atoms with Gasteiger partial charge in [-0.15, -0.1) is 15.2 Å². The van der Waals surface area contributed by atoms with E-state index in [-0.39, 0.29) is 17.7 Å². The first-order chi connectivity index (χ1) is 14.6. The molecule has 2 aliphatic heterocycles. The number of piperidine rings is 1. The average Bonchev–Trinajstić information content (AvgIpc) is 2.66. The Morgan fingerprint density at radius 1 is 1.16 bits per heavy atom. The van der Waals surface area contributed by atoms with Crippen molar-refractivity contribution >= 4 is 12.0 Å². The molecule has 0 aromatic heterocycles. The van der Waals surface area contributed by atoms with Gasteiger partial charge in [0.15, 0.2) is 0 Å². The Hall–Kier alpha value is -2.81. The molecule has 0 bridgehead atoms. The molecular formula is C23H33N3O6. The lowest BCUT2D eigenvalue weighted by atomic mass is 9.78. The van der Waals surface area contributed by atoms with Crippen molar-refractivity contribution in [3.8, 4) is 11.5 Å². The van der Waals surface area contributed by atoms with Crippen LogP contribution in [0.5, 0.6) is 11.5 Å². The Labute approximate surface area is 188 Å². The summed E-state index contributed by atoms with van der Waals surface area (Å²) in [6, 6.07) is -0.223. The number of nitrogens with zero attached hydrogens (tertiary/aromatic N) is 2. The molecular weight excluding hydrogens is 414 g/mol. The number of ether oxygens (including phenoxy) is 1. The number of rotatable bonds is 4. The van der Waals surface area contributed by atoms with Crippen LogP contribution in [-0.2, 0) is 9.73 Å². The minimum Gasteiger partial charge on any atom is -0.507 e. The first-order valence-corrected chi connectivity index (χ1v) is 10.7. The molecule has 1 amide bonds. The lowest BCUT2D eigenvalue weighted by Gasteiger charge is -2.52. The van der Waals surface area contributed by atoms with Crippen LogP contribution < -0.4 is 10.1 Å². The second-order valence-corrected chi connectivity index (χ2v) is 10.3. The maximum atomic E-state index is 13.3. The average molecular weight is 448 g/mol. The molecule has 32 heavy (non-hydrogen) atoms. The number of benzene rings is 1. The highest BCUT2D eigenvalue weighted by Crippen LogP contribution is 2.43. The molecule has 2 aliphatic rings. The van der Waals surface area contributed by atoms with Gasteiger partial charge in [0.05, 0.1) is 0 Å². The SMILES string of the molecule is Cc1c(C)c2c(c(C)c1O)C=CC(C)(C(=O)NC1CC(C)(C)N(O[N+](=O)[O-])C(C)(C)C1)O2. The van der Waals surface area contributed by atoms with Crippen LogP contribution in [0.15, 0.2) is 6.08 Å². The number of carbonyl (C=O) groups is 1. The first kappa shape index (κ1) is 23.8. The normalized spacial score (nSPS) is 24.4. The molecule has 2 N–H and O–H groups in total. The zero-order valence-electron chi connectivity index (χ0n) is 20.0. The van der Waals surface area contributed by atoms with Crippen LogP contribution in [0.2, 0.25) is 0 Å². The summed E-state index contributed by atoms with van der Waals surface area (Å²) in [5.74, 6) is 0.533. The summed E-state index contributed by atoms with van der Waals surface area (Å²) in [6.07, 6.45) is 4.46. The van der Waals surface area contributed by atoms with E-state index in [0.29, 0.717) is 24.2 Å². The van der Waals surface area contributed by atoms with Crippen molar-refractivity contribution in [3.63, 3.8) is 0 Å². The van der Waals surface area contributed by atoms with Crippen LogP contribution >= 0.6 is 0 Å². The Morgan fingerprint density at radius 3 is 2.25 bits per heavy atom. The highest BCUT2D eigenvalue weighted by molar-refractivity contribution is 5.90. The smallest absolute Gasteiger partial charge is 0.312 e. The van der Waals surface area contributed by atoms with E-state index in [2.05, 4.69) is 5.32 Å². The van der Waals surface area contributed by atoms with Gasteiger partial charge in [0.2, 0.25) is 5.60 Å². The number of phenolic OH excluding ortho intramolecular Hbond substituents is 1. The zero-order valence-corrected chi connectivity index (χ0v) is 20.0. The van der Waals surface area contributed by atoms with Crippen molar-refractivity contribution in [2.45, 2.75) is 91.0 Å². The van der Waals surface area contributed by atoms with Gasteiger partial charge >= 0.3 is 5.09 Å². The highest BCUT2D eigenvalue weighted by Gasteiger charge is 2.49. The van der Waals surface area contributed by atoms with Crippen molar-refractivity contribution in [3.05, 3.63) is 38.4 Å². The third kappa shape index (κ3) is 4.01. The van der Waals surface area contributed by atoms with Gasteiger partial charge in [0, 0.05) is 28.2 Å². The second-order valence-electron chi connectivity index (χ2n) is 10.3. The number of hydrogen-bond donors (Lipinski definition) is 2. The van der Waals surface area contributed by atoms with E-state index in [9.17, 15) is 20.0 Å². The van der Waals surface area contributed by atoms with Gasteiger partial charge in [0.1, 0.15) is 11.5 Å². The monoisotopic (exact) mass is 447 g/mol. The molecule has 1 aromatic rings. The topological polar surface area (TPSA) is 114 Å². The van der Waals surface area contributed by atoms with Crippen LogP contribution in [0.1, 0.15) is 69.7 Å². The maximum absolute atomic E-state index is 13.3. The summed E-state index contributed by atoms with van der Waals surface area (Å²) < 4.78 is 6.21. The summed E-state index contributed by atoms with van der Waals surface area (Å²) in [5.41, 5.74) is 0.417. The number of aromatic hydroxyl groups is 1. The van der Waals surface area contributed by atoms with Gasteiger partial charge in [-0.2, -0.15) is 0 Å². The molecule has 0 aliphatic carbocycles. The van der Waals surface area contributed by atoms with Crippen molar-refractivity contribution < 1.29 is 24.7 Å². The standard InChI is InChI=1S/C23H33N3O6/c1-13-14(2)19-17(15(3)18(13)27)9-10-23(8,31-19)20(28)24-16-11-21(4,5)25(32-26(29)30)22(6,7)12-16/h9-10,16,27H,11-12H2,1-8H3,(H,24,28). The Kier molecular flexibility index (Phi) is 5.70. The van der Waals surface area contributed by atoms with Gasteiger partial charge in [-0.25, -0.2) is 4.94 Å². The Balaban J connectivity index is 1.83. The minimum absolute atomic E-state index is 0.223. The minimum atomic E-state index is -1.23. The molecule has 9 nitrogen and oxygen atoms in total. The zero-order chi connectivity index (χ0) is 24.2. The lowest BCUT2D eigenvalue weighted by Crippen LogP contribution is -2.65. The number of amides is 1. The first-order valence-electron chi connectivity index (χ1n) is 10.7. The molecule has 1 saturated heterocycles. The molecule has 0 spiro atoms. The molecule has 1 aromatic carbocycles. The number of hydrogen-bond acceptors (Lipinski definition) is 7. The van der Waals surface area contributed by atoms with Gasteiger partial charge in [-0.1, -0.05) is 6.08 Å². The van der Waals surface area contributed by atoms with Crippen LogP contribution in [0, 0.1) is 30.9 Å². The highest BCUT2D eigenvalue weighted by atomic mass is 17.0. The number of hydroxylamine groups is 2. The number of nitrogens with one attached hydrogen (secondary N) is 1. The van der Waals surface area contributed by atoms with Crippen molar-refractivity contribution in [2.24, 2.45) is 0 Å². The Morgan fingerprint density at radius 2 is 1.72 bits per heavy atom. The number of carbonyl (C=O) groups excluding carboxylic acids is 1. The molecule has 1 fully saturated rings. The lowest BCUT2D eigenvalue weighted by molar-refractivity contribution is -0.822.